The van der Waals surface area contributed by atoms with Gasteiger partial charge in [-0.1, -0.05) is 6.08 Å². The van der Waals surface area contributed by atoms with Gasteiger partial charge in [-0.2, -0.15) is 0 Å². The molecule has 1 saturated heterocycles. The van der Waals surface area contributed by atoms with E-state index in [1.807, 2.05) is 32.3 Å². The zero-order valence-electron chi connectivity index (χ0n) is 21.8. The van der Waals surface area contributed by atoms with Crippen molar-refractivity contribution in [2.45, 2.75) is 44.2 Å². The molecule has 1 N–H and O–H groups in total. The van der Waals surface area contributed by atoms with Crippen molar-refractivity contribution in [1.29, 1.82) is 0 Å². The van der Waals surface area contributed by atoms with Gasteiger partial charge in [-0.25, -0.2) is 19.2 Å². The highest BCUT2D eigenvalue weighted by molar-refractivity contribution is 6.00. The Hall–Kier alpha value is -3.87. The minimum absolute atomic E-state index is 0.000559. The van der Waals surface area contributed by atoms with Gasteiger partial charge in [0, 0.05) is 41.1 Å². The van der Waals surface area contributed by atoms with Gasteiger partial charge in [0.05, 0.1) is 25.3 Å². The molecule has 2 aromatic carbocycles. The first-order valence-electron chi connectivity index (χ1n) is 12.6. The van der Waals surface area contributed by atoms with E-state index in [9.17, 15) is 9.18 Å². The summed E-state index contributed by atoms with van der Waals surface area (Å²) >= 11 is 0. The lowest BCUT2D eigenvalue weighted by Crippen LogP contribution is -2.28. The van der Waals surface area contributed by atoms with Crippen LogP contribution in [0.2, 0.25) is 0 Å². The second-order valence-corrected chi connectivity index (χ2v) is 10.1. The van der Waals surface area contributed by atoms with Crippen molar-refractivity contribution >= 4 is 28.2 Å². The standard InChI is InChI=1S/C29H30FN5O3/c1-18-11-20(5-6-23(18)30)34-28-22-12-19(13-26(36)25(31-2)15-29(8-9-29)35(3)4)27(14-24(22)32-17-33-28)38-21-7-10-37-16-21/h5-6,11-12,14-15,17,21H,7-10,13,16H2,1,3-4H3,(H,32,33,34)/b25-15-/t21-/m1/s1. The van der Waals surface area contributed by atoms with E-state index >= 15 is 0 Å². The van der Waals surface area contributed by atoms with Crippen LogP contribution < -0.4 is 10.1 Å². The number of aryl methyl sites for hydroxylation is 1. The molecule has 1 saturated carbocycles. The molecule has 3 aromatic rings. The number of fused-ring (bicyclic) bond motifs is 1. The van der Waals surface area contributed by atoms with Crippen LogP contribution in [0.25, 0.3) is 15.7 Å². The summed E-state index contributed by atoms with van der Waals surface area (Å²) in [6.45, 7) is 10.5. The number of aromatic nitrogens is 2. The van der Waals surface area contributed by atoms with Crippen LogP contribution in [0.3, 0.4) is 0 Å². The topological polar surface area (TPSA) is 80.9 Å². The molecular weight excluding hydrogens is 485 g/mol. The average molecular weight is 516 g/mol. The molecule has 2 heterocycles. The molecular formula is C29H30FN5O3. The molecule has 0 amide bonds. The molecule has 0 unspecified atom stereocenters. The van der Waals surface area contributed by atoms with Crippen LogP contribution in [-0.4, -0.2) is 59.6 Å². The van der Waals surface area contributed by atoms with Gasteiger partial charge in [0.15, 0.2) is 5.78 Å². The number of hydrogen-bond acceptors (Lipinski definition) is 7. The van der Waals surface area contributed by atoms with Crippen molar-refractivity contribution in [2.24, 2.45) is 0 Å². The lowest BCUT2D eigenvalue weighted by molar-refractivity contribution is -0.114. The maximum absolute atomic E-state index is 13.8. The Balaban J connectivity index is 1.52. The molecule has 2 aliphatic rings. The molecule has 5 rings (SSSR count). The first-order valence-corrected chi connectivity index (χ1v) is 12.6. The second-order valence-electron chi connectivity index (χ2n) is 10.1. The smallest absolute Gasteiger partial charge is 0.227 e. The van der Waals surface area contributed by atoms with Gasteiger partial charge < -0.3 is 24.5 Å². The summed E-state index contributed by atoms with van der Waals surface area (Å²) in [5.41, 5.74) is 2.39. The Labute approximate surface area is 221 Å². The predicted octanol–water partition coefficient (Wildman–Crippen LogP) is 5.00. The highest BCUT2D eigenvalue weighted by Gasteiger charge is 2.43. The van der Waals surface area contributed by atoms with Crippen molar-refractivity contribution in [1.82, 2.24) is 14.9 Å². The van der Waals surface area contributed by atoms with Gasteiger partial charge in [-0.3, -0.25) is 0 Å². The predicted molar refractivity (Wildman–Crippen MR) is 143 cm³/mol. The number of anilines is 2. The normalized spacial score (nSPS) is 18.4. The number of benzene rings is 2. The number of Topliss-reactive ketones (excluding diaryl/α,β-unsaturated/α-hetero) is 1. The summed E-state index contributed by atoms with van der Waals surface area (Å²) in [4.78, 5) is 27.9. The quantitative estimate of drug-likeness (QED) is 0.317. The van der Waals surface area contributed by atoms with E-state index in [4.69, 9.17) is 16.0 Å². The number of allylic oxidation sites excluding steroid dienone is 1. The molecule has 1 aromatic heterocycles. The fourth-order valence-corrected chi connectivity index (χ4v) is 4.66. The summed E-state index contributed by atoms with van der Waals surface area (Å²) in [7, 11) is 3.93. The molecule has 196 valence electrons. The van der Waals surface area contributed by atoms with Crippen molar-refractivity contribution < 1.29 is 18.7 Å². The van der Waals surface area contributed by atoms with E-state index in [0.29, 0.717) is 52.5 Å². The molecule has 0 spiro atoms. The van der Waals surface area contributed by atoms with Crippen LogP contribution in [0, 0.1) is 19.3 Å². The minimum atomic E-state index is -0.285. The van der Waals surface area contributed by atoms with Gasteiger partial charge in [-0.05, 0) is 63.7 Å². The zero-order chi connectivity index (χ0) is 26.9. The molecule has 0 radical (unpaired) electrons. The van der Waals surface area contributed by atoms with E-state index in [0.717, 1.165) is 19.3 Å². The number of nitrogens with one attached hydrogen (secondary N) is 1. The highest BCUT2D eigenvalue weighted by Crippen LogP contribution is 2.42. The number of ketones is 1. The lowest BCUT2D eigenvalue weighted by atomic mass is 10.0. The van der Waals surface area contributed by atoms with Crippen LogP contribution in [0.15, 0.2) is 48.4 Å². The Kier molecular flexibility index (Phi) is 7.11. The zero-order valence-corrected chi connectivity index (χ0v) is 21.8. The van der Waals surface area contributed by atoms with Gasteiger partial charge in [-0.15, -0.1) is 0 Å². The lowest BCUT2D eigenvalue weighted by Gasteiger charge is -2.20. The summed E-state index contributed by atoms with van der Waals surface area (Å²) in [5.74, 6) is 0.519. The number of hydrogen-bond donors (Lipinski definition) is 1. The van der Waals surface area contributed by atoms with E-state index in [1.165, 1.54) is 12.4 Å². The first-order chi connectivity index (χ1) is 18.3. The molecule has 0 bridgehead atoms. The summed E-state index contributed by atoms with van der Waals surface area (Å²) in [5, 5.41) is 3.93. The van der Waals surface area contributed by atoms with Crippen LogP contribution in [0.1, 0.15) is 30.4 Å². The minimum Gasteiger partial charge on any atom is -0.488 e. The maximum Gasteiger partial charge on any atom is 0.227 e. The summed E-state index contributed by atoms with van der Waals surface area (Å²) < 4.78 is 25.5. The molecule has 1 atom stereocenters. The monoisotopic (exact) mass is 515 g/mol. The third-order valence-corrected chi connectivity index (χ3v) is 7.24. The Bertz CT molecular complexity index is 1450. The van der Waals surface area contributed by atoms with E-state index < -0.39 is 0 Å². The Morgan fingerprint density at radius 3 is 2.79 bits per heavy atom. The molecule has 2 fully saturated rings. The molecule has 1 aliphatic heterocycles. The molecule has 9 heteroatoms. The van der Waals surface area contributed by atoms with Gasteiger partial charge in [0.25, 0.3) is 0 Å². The summed E-state index contributed by atoms with van der Waals surface area (Å²) in [6, 6.07) is 8.40. The fraction of sp³-hybridized carbons (Fsp3) is 0.379. The summed E-state index contributed by atoms with van der Waals surface area (Å²) in [6.07, 6.45) is 5.74. The van der Waals surface area contributed by atoms with Crippen molar-refractivity contribution in [3.05, 3.63) is 76.8 Å². The number of nitrogens with zero attached hydrogens (tertiary/aromatic N) is 4. The number of ether oxygens (including phenoxy) is 2. The van der Waals surface area contributed by atoms with Gasteiger partial charge in [0.2, 0.25) is 5.70 Å². The number of rotatable bonds is 9. The number of likely N-dealkylation sites (N-methyl/N-ethyl adjacent to an activating group) is 1. The van der Waals surface area contributed by atoms with Crippen molar-refractivity contribution in [3.63, 3.8) is 0 Å². The van der Waals surface area contributed by atoms with E-state index in [1.54, 1.807) is 19.1 Å². The van der Waals surface area contributed by atoms with Crippen LogP contribution in [0.5, 0.6) is 5.75 Å². The fourth-order valence-electron chi connectivity index (χ4n) is 4.66. The highest BCUT2D eigenvalue weighted by atomic mass is 19.1. The van der Waals surface area contributed by atoms with Crippen molar-refractivity contribution in [2.75, 3.05) is 32.6 Å². The third-order valence-electron chi connectivity index (χ3n) is 7.24. The van der Waals surface area contributed by atoms with Gasteiger partial charge >= 0.3 is 0 Å². The Morgan fingerprint density at radius 1 is 1.32 bits per heavy atom. The van der Waals surface area contributed by atoms with Crippen LogP contribution in [0.4, 0.5) is 15.9 Å². The maximum atomic E-state index is 13.8. The van der Waals surface area contributed by atoms with Gasteiger partial charge in [0.1, 0.15) is 29.8 Å². The Morgan fingerprint density at radius 2 is 2.13 bits per heavy atom. The SMILES string of the molecule is [C-]#[N+]/C(=C\C1(N(C)C)CC1)C(=O)Cc1cc2c(Nc3ccc(F)c(C)c3)ncnc2cc1O[C@@H]1CCOC1. The number of carbonyl (C=O) groups is 1. The molecule has 8 nitrogen and oxygen atoms in total. The second kappa shape index (κ2) is 10.5. The largest absolute Gasteiger partial charge is 0.488 e. The number of halogens is 1. The van der Waals surface area contributed by atoms with Crippen LogP contribution in [-0.2, 0) is 16.0 Å². The van der Waals surface area contributed by atoms with E-state index in [-0.39, 0.29) is 35.4 Å². The first kappa shape index (κ1) is 25.8. The third kappa shape index (κ3) is 5.37. The molecule has 38 heavy (non-hydrogen) atoms. The average Bonchev–Trinajstić information content (AvgIpc) is 3.52. The van der Waals surface area contributed by atoms with Crippen LogP contribution >= 0.6 is 0 Å². The van der Waals surface area contributed by atoms with E-state index in [2.05, 4.69) is 25.0 Å². The number of carbonyl (C=O) groups excluding carboxylic acids is 1. The van der Waals surface area contributed by atoms with Crippen molar-refractivity contribution in [3.8, 4) is 5.75 Å². The molecule has 1 aliphatic carbocycles.